The van der Waals surface area contributed by atoms with E-state index in [-0.39, 0.29) is 44.0 Å². The van der Waals surface area contributed by atoms with Crippen LogP contribution in [0.5, 0.6) is 11.5 Å². The second kappa shape index (κ2) is 17.1. The summed E-state index contributed by atoms with van der Waals surface area (Å²) in [6.07, 6.45) is 1.86. The Kier molecular flexibility index (Phi) is 12.2. The van der Waals surface area contributed by atoms with Gasteiger partial charge in [-0.25, -0.2) is 0 Å². The molecule has 0 radical (unpaired) electrons. The molecule has 12 heteroatoms. The molecule has 0 saturated carbocycles. The predicted molar refractivity (Wildman–Crippen MR) is 182 cm³/mol. The normalized spacial score (nSPS) is 20.7. The average molecular weight is 670 g/mol. The van der Waals surface area contributed by atoms with Gasteiger partial charge >= 0.3 is 0 Å². The highest BCUT2D eigenvalue weighted by Gasteiger charge is 2.38. The number of nitrogens with one attached hydrogen (secondary N) is 4. The van der Waals surface area contributed by atoms with E-state index >= 15 is 0 Å². The molecule has 4 N–H and O–H groups in total. The smallest absolute Gasteiger partial charge is 0.255 e. The van der Waals surface area contributed by atoms with E-state index in [2.05, 4.69) is 21.3 Å². The third-order valence-corrected chi connectivity index (χ3v) is 8.67. The highest BCUT2D eigenvalue weighted by atomic mass is 16.5. The molecule has 12 nitrogen and oxygen atoms in total. The molecule has 2 heterocycles. The van der Waals surface area contributed by atoms with Crippen molar-refractivity contribution in [3.63, 3.8) is 0 Å². The van der Waals surface area contributed by atoms with Gasteiger partial charge in [0.25, 0.3) is 5.91 Å². The first-order chi connectivity index (χ1) is 23.8. The van der Waals surface area contributed by atoms with Crippen molar-refractivity contribution in [2.24, 2.45) is 0 Å². The molecule has 0 unspecified atom stereocenters. The Morgan fingerprint density at radius 3 is 2.43 bits per heavy atom. The van der Waals surface area contributed by atoms with Crippen molar-refractivity contribution in [2.75, 3.05) is 33.4 Å². The first-order valence-electron chi connectivity index (χ1n) is 16.7. The average Bonchev–Trinajstić information content (AvgIpc) is 3.62. The molecular formula is C37H43N5O7. The van der Waals surface area contributed by atoms with Crippen molar-refractivity contribution in [1.29, 1.82) is 0 Å². The van der Waals surface area contributed by atoms with Crippen LogP contribution in [0.3, 0.4) is 0 Å². The minimum Gasteiger partial charge on any atom is -0.497 e. The molecule has 0 bridgehead atoms. The Balaban J connectivity index is 1.36. The Bertz CT molecular complexity index is 1610. The maximum absolute atomic E-state index is 13.8. The van der Waals surface area contributed by atoms with Crippen molar-refractivity contribution < 1.29 is 33.4 Å². The summed E-state index contributed by atoms with van der Waals surface area (Å²) in [6.45, 7) is 1.06. The Labute approximate surface area is 285 Å². The minimum absolute atomic E-state index is 0.199. The van der Waals surface area contributed by atoms with Crippen LogP contribution in [0, 0.1) is 0 Å². The van der Waals surface area contributed by atoms with Gasteiger partial charge in [-0.05, 0) is 61.1 Å². The molecule has 1 saturated heterocycles. The van der Waals surface area contributed by atoms with Gasteiger partial charge in [-0.2, -0.15) is 0 Å². The number of rotatable bonds is 7. The number of ether oxygens (including phenoxy) is 2. The van der Waals surface area contributed by atoms with E-state index in [1.807, 2.05) is 54.6 Å². The molecule has 3 aromatic rings. The zero-order valence-corrected chi connectivity index (χ0v) is 27.6. The molecule has 5 rings (SSSR count). The molecular weight excluding hydrogens is 626 g/mol. The molecule has 2 aliphatic rings. The standard InChI is InChI=1S/C37H43N5O7/c1-48-27-16-14-25(15-17-27)18-20-39-36(46)30-24-33(43)42-21-7-12-31(42)37(47)41-29(23-26-9-3-2-4-10-26)35(45)38-19-8-22-49-32-13-6-5-11-28(32)34(44)40-30/h2-6,9-11,13-17,29-31H,7-8,12,18-24H2,1H3,(H,38,45)(H,39,46)(H,40,44)(H,41,47)/t29-,30-,31-/m0/s1. The number of fused-ring (bicyclic) bond motifs is 2. The summed E-state index contributed by atoms with van der Waals surface area (Å²) in [4.78, 5) is 69.3. The lowest BCUT2D eigenvalue weighted by atomic mass is 10.0. The summed E-state index contributed by atoms with van der Waals surface area (Å²) < 4.78 is 11.1. The van der Waals surface area contributed by atoms with Gasteiger partial charge in [0, 0.05) is 26.1 Å². The van der Waals surface area contributed by atoms with Gasteiger partial charge in [0.1, 0.15) is 29.6 Å². The molecule has 3 aromatic carbocycles. The number of amides is 5. The number of carbonyl (C=O) groups excluding carboxylic acids is 5. The van der Waals surface area contributed by atoms with Crippen LogP contribution < -0.4 is 30.7 Å². The first kappa shape index (κ1) is 34.9. The summed E-state index contributed by atoms with van der Waals surface area (Å²) in [5.74, 6) is -1.31. The summed E-state index contributed by atoms with van der Waals surface area (Å²) in [5, 5.41) is 11.4. The number of para-hydroxylation sites is 1. The van der Waals surface area contributed by atoms with Gasteiger partial charge in [-0.1, -0.05) is 54.6 Å². The van der Waals surface area contributed by atoms with Gasteiger partial charge in [-0.15, -0.1) is 0 Å². The predicted octanol–water partition coefficient (Wildman–Crippen LogP) is 2.16. The van der Waals surface area contributed by atoms with Crippen molar-refractivity contribution in [3.8, 4) is 11.5 Å². The molecule has 0 aromatic heterocycles. The van der Waals surface area contributed by atoms with Gasteiger partial charge in [-0.3, -0.25) is 24.0 Å². The van der Waals surface area contributed by atoms with Crippen LogP contribution in [-0.4, -0.2) is 85.9 Å². The highest BCUT2D eigenvalue weighted by Crippen LogP contribution is 2.22. The summed E-state index contributed by atoms with van der Waals surface area (Å²) in [6, 6.07) is 20.6. The van der Waals surface area contributed by atoms with Crippen molar-refractivity contribution in [1.82, 2.24) is 26.2 Å². The molecule has 0 aliphatic carbocycles. The van der Waals surface area contributed by atoms with E-state index in [4.69, 9.17) is 9.47 Å². The zero-order valence-electron chi connectivity index (χ0n) is 27.6. The van der Waals surface area contributed by atoms with E-state index in [9.17, 15) is 24.0 Å². The van der Waals surface area contributed by atoms with Crippen LogP contribution >= 0.6 is 0 Å². The van der Waals surface area contributed by atoms with Gasteiger partial charge in [0.05, 0.1) is 25.7 Å². The third kappa shape index (κ3) is 9.59. The van der Waals surface area contributed by atoms with Crippen molar-refractivity contribution >= 4 is 29.5 Å². The van der Waals surface area contributed by atoms with Gasteiger partial charge in [0.15, 0.2) is 0 Å². The number of benzene rings is 3. The van der Waals surface area contributed by atoms with Crippen LogP contribution in [0.25, 0.3) is 0 Å². The molecule has 3 atom stereocenters. The number of hydrogen-bond acceptors (Lipinski definition) is 7. The lowest BCUT2D eigenvalue weighted by Gasteiger charge is -2.28. The summed E-state index contributed by atoms with van der Waals surface area (Å²) in [7, 11) is 1.59. The number of carbonyl (C=O) groups is 5. The zero-order chi connectivity index (χ0) is 34.6. The quantitative estimate of drug-likeness (QED) is 0.301. The largest absolute Gasteiger partial charge is 0.497 e. The molecule has 49 heavy (non-hydrogen) atoms. The lowest BCUT2D eigenvalue weighted by Crippen LogP contribution is -2.55. The summed E-state index contributed by atoms with van der Waals surface area (Å²) in [5.41, 5.74) is 2.06. The van der Waals surface area contributed by atoms with E-state index < -0.39 is 41.8 Å². The number of nitrogens with zero attached hydrogens (tertiary/aromatic N) is 1. The fraction of sp³-hybridized carbons (Fsp3) is 0.378. The van der Waals surface area contributed by atoms with Crippen LogP contribution in [0.4, 0.5) is 0 Å². The molecule has 5 amide bonds. The molecule has 1 fully saturated rings. The SMILES string of the molecule is COc1ccc(CCNC(=O)[C@@H]2CC(=O)N3CCC[C@H]3C(=O)N[C@@H](Cc3ccccc3)C(=O)NCCCOc3ccccc3C(=O)N2)cc1. The maximum atomic E-state index is 13.8. The second-order valence-electron chi connectivity index (χ2n) is 12.1. The van der Waals surface area contributed by atoms with E-state index in [1.54, 1.807) is 31.4 Å². The maximum Gasteiger partial charge on any atom is 0.255 e. The molecule has 0 spiro atoms. The molecule has 258 valence electrons. The van der Waals surface area contributed by atoms with E-state index in [1.165, 1.54) is 4.90 Å². The molecule has 2 aliphatic heterocycles. The monoisotopic (exact) mass is 669 g/mol. The Hall–Kier alpha value is -5.39. The third-order valence-electron chi connectivity index (χ3n) is 8.67. The topological polar surface area (TPSA) is 155 Å². The number of hydrogen-bond donors (Lipinski definition) is 4. The van der Waals surface area contributed by atoms with Crippen molar-refractivity contribution in [2.45, 2.75) is 56.7 Å². The van der Waals surface area contributed by atoms with Gasteiger partial charge in [0.2, 0.25) is 23.6 Å². The van der Waals surface area contributed by atoms with Crippen LogP contribution in [-0.2, 0) is 32.0 Å². The van der Waals surface area contributed by atoms with Crippen LogP contribution in [0.15, 0.2) is 78.9 Å². The summed E-state index contributed by atoms with van der Waals surface area (Å²) >= 11 is 0. The van der Waals surface area contributed by atoms with Crippen LogP contribution in [0.2, 0.25) is 0 Å². The first-order valence-corrected chi connectivity index (χ1v) is 16.7. The van der Waals surface area contributed by atoms with Gasteiger partial charge < -0.3 is 35.6 Å². The number of methoxy groups -OCH3 is 1. The minimum atomic E-state index is -1.22. The van der Waals surface area contributed by atoms with Crippen LogP contribution in [0.1, 0.15) is 47.2 Å². The van der Waals surface area contributed by atoms with E-state index in [0.717, 1.165) is 16.9 Å². The fourth-order valence-corrected chi connectivity index (χ4v) is 6.02. The fourth-order valence-electron chi connectivity index (χ4n) is 6.02. The Morgan fingerprint density at radius 1 is 0.898 bits per heavy atom. The highest BCUT2D eigenvalue weighted by molar-refractivity contribution is 6.01. The second-order valence-corrected chi connectivity index (χ2v) is 12.1. The Morgan fingerprint density at radius 2 is 1.65 bits per heavy atom. The van der Waals surface area contributed by atoms with E-state index in [0.29, 0.717) is 38.0 Å². The van der Waals surface area contributed by atoms with Crippen molar-refractivity contribution in [3.05, 3.63) is 95.6 Å². The lowest BCUT2D eigenvalue weighted by molar-refractivity contribution is -0.140.